The molecule has 1 amide bonds. The number of nitrogens with one attached hydrogen (secondary N) is 1. The number of benzene rings is 2. The van der Waals surface area contributed by atoms with Crippen molar-refractivity contribution in [2.75, 3.05) is 11.1 Å². The number of anilines is 2. The molecule has 2 aromatic rings. The third-order valence-electron chi connectivity index (χ3n) is 2.70. The molecule has 0 aromatic heterocycles. The Labute approximate surface area is 118 Å². The van der Waals surface area contributed by atoms with Crippen LogP contribution in [0, 0.1) is 12.7 Å². The maximum Gasteiger partial charge on any atom is 0.255 e. The highest BCUT2D eigenvalue weighted by atomic mass is 79.9. The van der Waals surface area contributed by atoms with Gasteiger partial charge in [0.15, 0.2) is 0 Å². The van der Waals surface area contributed by atoms with Gasteiger partial charge in [0, 0.05) is 10.0 Å². The molecule has 0 radical (unpaired) electrons. The number of carbonyl (C=O) groups excluding carboxylic acids is 1. The lowest BCUT2D eigenvalue weighted by atomic mass is 10.1. The van der Waals surface area contributed by atoms with Crippen LogP contribution in [0.25, 0.3) is 0 Å². The third-order valence-corrected chi connectivity index (χ3v) is 3.19. The largest absolute Gasteiger partial charge is 0.397 e. The summed E-state index contributed by atoms with van der Waals surface area (Å²) in [5.74, 6) is -0.765. The fraction of sp³-hybridized carbons (Fsp3) is 0.0714. The second-order valence-corrected chi connectivity index (χ2v) is 5.06. The molecule has 2 rings (SSSR count). The molecule has 98 valence electrons. The molecule has 5 heteroatoms. The first-order valence-electron chi connectivity index (χ1n) is 5.60. The van der Waals surface area contributed by atoms with Crippen molar-refractivity contribution in [3.8, 4) is 0 Å². The van der Waals surface area contributed by atoms with E-state index < -0.39 is 5.82 Å². The molecule has 0 aliphatic heterocycles. The molecule has 0 saturated carbocycles. The van der Waals surface area contributed by atoms with E-state index in [4.69, 9.17) is 5.73 Å². The van der Waals surface area contributed by atoms with Gasteiger partial charge in [-0.2, -0.15) is 0 Å². The van der Waals surface area contributed by atoms with Crippen LogP contribution in [0.3, 0.4) is 0 Å². The molecular formula is C14H12BrFN2O. The van der Waals surface area contributed by atoms with Gasteiger partial charge in [0.25, 0.3) is 5.91 Å². The van der Waals surface area contributed by atoms with Gasteiger partial charge in [-0.3, -0.25) is 4.79 Å². The summed E-state index contributed by atoms with van der Waals surface area (Å²) in [5.41, 5.74) is 7.62. The average Bonchev–Trinajstić information content (AvgIpc) is 2.33. The monoisotopic (exact) mass is 322 g/mol. The molecule has 0 spiro atoms. The van der Waals surface area contributed by atoms with Crippen molar-refractivity contribution in [1.82, 2.24) is 0 Å². The second-order valence-electron chi connectivity index (χ2n) is 4.14. The number of nitrogens with two attached hydrogens (primary N) is 1. The summed E-state index contributed by atoms with van der Waals surface area (Å²) in [6.45, 7) is 1.83. The maximum absolute atomic E-state index is 13.1. The zero-order valence-corrected chi connectivity index (χ0v) is 11.8. The van der Waals surface area contributed by atoms with E-state index in [1.165, 1.54) is 18.2 Å². The number of hydrogen-bond acceptors (Lipinski definition) is 2. The van der Waals surface area contributed by atoms with Gasteiger partial charge in [-0.1, -0.05) is 15.9 Å². The Bertz CT molecular complexity index is 643. The summed E-state index contributed by atoms with van der Waals surface area (Å²) in [6, 6.07) is 9.17. The maximum atomic E-state index is 13.1. The van der Waals surface area contributed by atoms with Crippen molar-refractivity contribution >= 4 is 33.2 Å². The molecule has 0 heterocycles. The Morgan fingerprint density at radius 3 is 2.68 bits per heavy atom. The molecule has 0 saturated heterocycles. The molecule has 3 N–H and O–H groups in total. The third kappa shape index (κ3) is 3.12. The highest BCUT2D eigenvalue weighted by Gasteiger charge is 2.11. The number of hydrogen-bond donors (Lipinski definition) is 2. The second kappa shape index (κ2) is 5.40. The first-order chi connectivity index (χ1) is 8.97. The van der Waals surface area contributed by atoms with Gasteiger partial charge in [-0.25, -0.2) is 4.39 Å². The first kappa shape index (κ1) is 13.5. The Morgan fingerprint density at radius 1 is 1.26 bits per heavy atom. The average molecular weight is 323 g/mol. The SMILES string of the molecule is Cc1cc(Br)ccc1C(=O)Nc1cc(F)ccc1N. The van der Waals surface area contributed by atoms with Crippen LogP contribution in [-0.4, -0.2) is 5.91 Å². The van der Waals surface area contributed by atoms with Crippen LogP contribution in [-0.2, 0) is 0 Å². The predicted molar refractivity (Wildman–Crippen MR) is 77.6 cm³/mol. The summed E-state index contributed by atoms with van der Waals surface area (Å²) >= 11 is 3.33. The van der Waals surface area contributed by atoms with Crippen molar-refractivity contribution in [2.24, 2.45) is 0 Å². The lowest BCUT2D eigenvalue weighted by Gasteiger charge is -2.10. The number of carbonyl (C=O) groups is 1. The van der Waals surface area contributed by atoms with Gasteiger partial charge in [-0.15, -0.1) is 0 Å². The van der Waals surface area contributed by atoms with Gasteiger partial charge < -0.3 is 11.1 Å². The van der Waals surface area contributed by atoms with E-state index in [0.717, 1.165) is 10.0 Å². The van der Waals surface area contributed by atoms with Crippen molar-refractivity contribution in [1.29, 1.82) is 0 Å². The highest BCUT2D eigenvalue weighted by molar-refractivity contribution is 9.10. The number of amides is 1. The van der Waals surface area contributed by atoms with Crippen LogP contribution in [0.1, 0.15) is 15.9 Å². The Hall–Kier alpha value is -1.88. The van der Waals surface area contributed by atoms with Crippen molar-refractivity contribution in [2.45, 2.75) is 6.92 Å². The summed E-state index contributed by atoms with van der Waals surface area (Å²) in [6.07, 6.45) is 0. The standard InChI is InChI=1S/C14H12BrFN2O/c1-8-6-9(15)2-4-11(8)14(19)18-13-7-10(16)3-5-12(13)17/h2-7H,17H2,1H3,(H,18,19). The molecule has 0 fully saturated rings. The number of aryl methyl sites for hydroxylation is 1. The molecule has 0 atom stereocenters. The number of halogens is 2. The minimum atomic E-state index is -0.447. The quantitative estimate of drug-likeness (QED) is 0.828. The van der Waals surface area contributed by atoms with Crippen LogP contribution < -0.4 is 11.1 Å². The molecule has 0 aliphatic rings. The van der Waals surface area contributed by atoms with E-state index in [9.17, 15) is 9.18 Å². The van der Waals surface area contributed by atoms with Gasteiger partial charge in [0.2, 0.25) is 0 Å². The fourth-order valence-corrected chi connectivity index (χ4v) is 2.18. The van der Waals surface area contributed by atoms with E-state index in [2.05, 4.69) is 21.2 Å². The minimum Gasteiger partial charge on any atom is -0.397 e. The van der Waals surface area contributed by atoms with Crippen LogP contribution in [0.4, 0.5) is 15.8 Å². The van der Waals surface area contributed by atoms with Crippen LogP contribution in [0.5, 0.6) is 0 Å². The molecular weight excluding hydrogens is 311 g/mol. The van der Waals surface area contributed by atoms with E-state index in [1.807, 2.05) is 13.0 Å². The molecule has 0 unspecified atom stereocenters. The fourth-order valence-electron chi connectivity index (χ4n) is 1.71. The van der Waals surface area contributed by atoms with Gasteiger partial charge in [-0.05, 0) is 48.9 Å². The first-order valence-corrected chi connectivity index (χ1v) is 6.39. The zero-order chi connectivity index (χ0) is 14.0. The summed E-state index contributed by atoms with van der Waals surface area (Å²) < 4.78 is 14.0. The summed E-state index contributed by atoms with van der Waals surface area (Å²) in [7, 11) is 0. The summed E-state index contributed by atoms with van der Waals surface area (Å²) in [4.78, 5) is 12.1. The Kier molecular flexibility index (Phi) is 3.85. The Balaban J connectivity index is 2.28. The molecule has 2 aromatic carbocycles. The molecule has 3 nitrogen and oxygen atoms in total. The lowest BCUT2D eigenvalue weighted by Crippen LogP contribution is -2.14. The number of rotatable bonds is 2. The van der Waals surface area contributed by atoms with Gasteiger partial charge in [0.05, 0.1) is 11.4 Å². The topological polar surface area (TPSA) is 55.1 Å². The van der Waals surface area contributed by atoms with Crippen molar-refractivity contribution in [3.63, 3.8) is 0 Å². The summed E-state index contributed by atoms with van der Waals surface area (Å²) in [5, 5.41) is 2.61. The van der Waals surface area contributed by atoms with Crippen LogP contribution in [0.2, 0.25) is 0 Å². The number of nitrogen functional groups attached to an aromatic ring is 1. The van der Waals surface area contributed by atoms with E-state index in [-0.39, 0.29) is 11.6 Å². The van der Waals surface area contributed by atoms with E-state index >= 15 is 0 Å². The van der Waals surface area contributed by atoms with Crippen LogP contribution in [0.15, 0.2) is 40.9 Å². The van der Waals surface area contributed by atoms with Gasteiger partial charge in [0.1, 0.15) is 5.82 Å². The van der Waals surface area contributed by atoms with E-state index in [1.54, 1.807) is 12.1 Å². The molecule has 0 aliphatic carbocycles. The molecule has 19 heavy (non-hydrogen) atoms. The van der Waals surface area contributed by atoms with Crippen LogP contribution >= 0.6 is 15.9 Å². The Morgan fingerprint density at radius 2 is 2.00 bits per heavy atom. The minimum absolute atomic E-state index is 0.271. The van der Waals surface area contributed by atoms with Crippen molar-refractivity contribution < 1.29 is 9.18 Å². The highest BCUT2D eigenvalue weighted by Crippen LogP contribution is 2.22. The smallest absolute Gasteiger partial charge is 0.255 e. The normalized spacial score (nSPS) is 10.3. The zero-order valence-electron chi connectivity index (χ0n) is 10.2. The predicted octanol–water partition coefficient (Wildman–Crippen LogP) is 3.73. The lowest BCUT2D eigenvalue weighted by molar-refractivity contribution is 0.102. The molecule has 0 bridgehead atoms. The van der Waals surface area contributed by atoms with Gasteiger partial charge >= 0.3 is 0 Å². The van der Waals surface area contributed by atoms with Crippen molar-refractivity contribution in [3.05, 3.63) is 57.8 Å². The van der Waals surface area contributed by atoms with E-state index in [0.29, 0.717) is 11.3 Å².